The number of rotatable bonds is 5. The molecule has 0 aromatic heterocycles. The quantitative estimate of drug-likeness (QED) is 0.809. The zero-order valence-electron chi connectivity index (χ0n) is 11.8. The Morgan fingerprint density at radius 1 is 1.13 bits per heavy atom. The molecule has 0 saturated carbocycles. The van der Waals surface area contributed by atoms with Gasteiger partial charge in [0.2, 0.25) is 0 Å². The highest BCUT2D eigenvalue weighted by molar-refractivity contribution is 6.36. The maximum atomic E-state index is 11.8. The molecule has 0 heterocycles. The number of carbonyl (C=O) groups is 2. The van der Waals surface area contributed by atoms with E-state index in [1.54, 1.807) is 36.4 Å². The summed E-state index contributed by atoms with van der Waals surface area (Å²) in [5.74, 6) is -1.49. The summed E-state index contributed by atoms with van der Waals surface area (Å²) in [7, 11) is 0. The highest BCUT2D eigenvalue weighted by Gasteiger charge is 2.19. The molecule has 1 atom stereocenters. The fraction of sp³-hybridized carbons (Fsp3) is 0.125. The molecule has 7 heteroatoms. The number of benzene rings is 2. The standard InChI is InChI=1S/C16H13Cl2NO4/c17-11-6-7-13(12(18)8-11)19-14(20)9-23-16(22)15(21)10-4-2-1-3-5-10/h1-8,15,21H,9H2,(H,19,20)/t15-/m1/s1. The van der Waals surface area contributed by atoms with Crippen molar-refractivity contribution in [3.05, 3.63) is 64.1 Å². The first kappa shape index (κ1) is 17.3. The van der Waals surface area contributed by atoms with Crippen LogP contribution in [0.3, 0.4) is 0 Å². The lowest BCUT2D eigenvalue weighted by molar-refractivity contribution is -0.156. The van der Waals surface area contributed by atoms with Gasteiger partial charge in [-0.15, -0.1) is 0 Å². The number of carbonyl (C=O) groups excluding carboxylic acids is 2. The molecule has 120 valence electrons. The molecule has 2 aromatic carbocycles. The molecule has 0 saturated heterocycles. The molecule has 1 amide bonds. The minimum Gasteiger partial charge on any atom is -0.453 e. The van der Waals surface area contributed by atoms with Crippen LogP contribution in [0.25, 0.3) is 0 Å². The van der Waals surface area contributed by atoms with Gasteiger partial charge in [-0.05, 0) is 23.8 Å². The highest BCUT2D eigenvalue weighted by atomic mass is 35.5. The molecule has 0 aliphatic heterocycles. The lowest BCUT2D eigenvalue weighted by atomic mass is 10.1. The van der Waals surface area contributed by atoms with E-state index >= 15 is 0 Å². The summed E-state index contributed by atoms with van der Waals surface area (Å²) in [5.41, 5.74) is 0.736. The second kappa shape index (κ2) is 7.97. The predicted octanol–water partition coefficient (Wildman–Crippen LogP) is 3.21. The van der Waals surface area contributed by atoms with Crippen molar-refractivity contribution in [3.8, 4) is 0 Å². The zero-order valence-corrected chi connectivity index (χ0v) is 13.3. The minimum atomic E-state index is -1.44. The smallest absolute Gasteiger partial charge is 0.340 e. The molecule has 2 aromatic rings. The maximum Gasteiger partial charge on any atom is 0.340 e. The van der Waals surface area contributed by atoms with Crippen LogP contribution in [-0.2, 0) is 14.3 Å². The molecule has 5 nitrogen and oxygen atoms in total. The summed E-state index contributed by atoms with van der Waals surface area (Å²) in [6.45, 7) is -0.540. The summed E-state index contributed by atoms with van der Waals surface area (Å²) < 4.78 is 4.79. The minimum absolute atomic E-state index is 0.265. The van der Waals surface area contributed by atoms with Gasteiger partial charge in [0.1, 0.15) is 0 Å². The van der Waals surface area contributed by atoms with Crippen LogP contribution >= 0.6 is 23.2 Å². The lowest BCUT2D eigenvalue weighted by Gasteiger charge is -2.11. The number of ether oxygens (including phenoxy) is 1. The monoisotopic (exact) mass is 353 g/mol. The van der Waals surface area contributed by atoms with Crippen molar-refractivity contribution in [2.45, 2.75) is 6.10 Å². The van der Waals surface area contributed by atoms with Gasteiger partial charge in [-0.1, -0.05) is 53.5 Å². The van der Waals surface area contributed by atoms with Crippen LogP contribution < -0.4 is 5.32 Å². The number of aliphatic hydroxyl groups is 1. The number of anilines is 1. The van der Waals surface area contributed by atoms with Crippen LogP contribution in [0.5, 0.6) is 0 Å². The van der Waals surface area contributed by atoms with E-state index < -0.39 is 24.6 Å². The number of nitrogens with one attached hydrogen (secondary N) is 1. The van der Waals surface area contributed by atoms with Gasteiger partial charge < -0.3 is 15.2 Å². The van der Waals surface area contributed by atoms with Crippen LogP contribution in [0.2, 0.25) is 10.0 Å². The first-order valence-electron chi connectivity index (χ1n) is 6.62. The van der Waals surface area contributed by atoms with E-state index in [1.807, 2.05) is 0 Å². The van der Waals surface area contributed by atoms with E-state index in [4.69, 9.17) is 27.9 Å². The Bertz CT molecular complexity index is 706. The van der Waals surface area contributed by atoms with Gasteiger partial charge in [-0.3, -0.25) is 4.79 Å². The molecule has 0 spiro atoms. The summed E-state index contributed by atoms with van der Waals surface area (Å²) in [5, 5.41) is 13.0. The van der Waals surface area contributed by atoms with Crippen molar-refractivity contribution in [2.24, 2.45) is 0 Å². The van der Waals surface area contributed by atoms with Crippen LogP contribution in [0.1, 0.15) is 11.7 Å². The summed E-state index contributed by atoms with van der Waals surface area (Å²) >= 11 is 11.7. The zero-order chi connectivity index (χ0) is 16.8. The molecule has 0 unspecified atom stereocenters. The Morgan fingerprint density at radius 3 is 2.48 bits per heavy atom. The van der Waals surface area contributed by atoms with Crippen molar-refractivity contribution in [1.29, 1.82) is 0 Å². The SMILES string of the molecule is O=C(COC(=O)[C@H](O)c1ccccc1)Nc1ccc(Cl)cc1Cl. The number of esters is 1. The molecule has 0 bridgehead atoms. The Balaban J connectivity index is 1.87. The molecule has 23 heavy (non-hydrogen) atoms. The van der Waals surface area contributed by atoms with Crippen molar-refractivity contribution in [3.63, 3.8) is 0 Å². The summed E-state index contributed by atoms with van der Waals surface area (Å²) in [4.78, 5) is 23.5. The van der Waals surface area contributed by atoms with Gasteiger partial charge in [-0.2, -0.15) is 0 Å². The summed E-state index contributed by atoms with van der Waals surface area (Å²) in [6, 6.07) is 12.9. The number of halogens is 2. The largest absolute Gasteiger partial charge is 0.453 e. The highest BCUT2D eigenvalue weighted by Crippen LogP contribution is 2.25. The van der Waals surface area contributed by atoms with Gasteiger partial charge in [0.25, 0.3) is 5.91 Å². The fourth-order valence-electron chi connectivity index (χ4n) is 1.76. The van der Waals surface area contributed by atoms with Crippen molar-refractivity contribution in [1.82, 2.24) is 0 Å². The third-order valence-corrected chi connectivity index (χ3v) is 3.44. The van der Waals surface area contributed by atoms with Gasteiger partial charge in [0.15, 0.2) is 12.7 Å². The topological polar surface area (TPSA) is 75.6 Å². The third-order valence-electron chi connectivity index (χ3n) is 2.89. The van der Waals surface area contributed by atoms with Crippen LogP contribution in [0.15, 0.2) is 48.5 Å². The number of amides is 1. The van der Waals surface area contributed by atoms with Crippen LogP contribution in [0, 0.1) is 0 Å². The molecule has 2 N–H and O–H groups in total. The molecule has 0 aliphatic carbocycles. The first-order chi connectivity index (χ1) is 11.0. The Kier molecular flexibility index (Phi) is 5.98. The average Bonchev–Trinajstić information content (AvgIpc) is 2.55. The number of hydrogen-bond acceptors (Lipinski definition) is 4. The molecular formula is C16H13Cl2NO4. The normalized spacial score (nSPS) is 11.6. The first-order valence-corrected chi connectivity index (χ1v) is 7.37. The molecule has 0 radical (unpaired) electrons. The van der Waals surface area contributed by atoms with Gasteiger partial charge >= 0.3 is 5.97 Å². The van der Waals surface area contributed by atoms with Gasteiger partial charge in [0, 0.05) is 5.02 Å². The maximum absolute atomic E-state index is 11.8. The third kappa shape index (κ3) is 4.96. The molecular weight excluding hydrogens is 341 g/mol. The van der Waals surface area contributed by atoms with Gasteiger partial charge in [-0.25, -0.2) is 4.79 Å². The average molecular weight is 354 g/mol. The number of hydrogen-bond donors (Lipinski definition) is 2. The second-order valence-corrected chi connectivity index (χ2v) is 5.44. The van der Waals surface area contributed by atoms with E-state index in [1.165, 1.54) is 12.1 Å². The van der Waals surface area contributed by atoms with E-state index in [0.29, 0.717) is 16.3 Å². The molecule has 0 fully saturated rings. The Morgan fingerprint density at radius 2 is 1.83 bits per heavy atom. The predicted molar refractivity (Wildman–Crippen MR) is 87.5 cm³/mol. The van der Waals surface area contributed by atoms with Crippen molar-refractivity contribution < 1.29 is 19.4 Å². The van der Waals surface area contributed by atoms with Crippen LogP contribution in [0.4, 0.5) is 5.69 Å². The Hall–Kier alpha value is -2.08. The van der Waals surface area contributed by atoms with Crippen molar-refractivity contribution >= 4 is 40.8 Å². The lowest BCUT2D eigenvalue weighted by Crippen LogP contribution is -2.24. The fourth-order valence-corrected chi connectivity index (χ4v) is 2.22. The van der Waals surface area contributed by atoms with Crippen LogP contribution in [-0.4, -0.2) is 23.6 Å². The number of aliphatic hydroxyl groups excluding tert-OH is 1. The molecule has 0 aliphatic rings. The summed E-state index contributed by atoms with van der Waals surface area (Å²) in [6.07, 6.45) is -1.44. The molecule has 2 rings (SSSR count). The second-order valence-electron chi connectivity index (χ2n) is 4.59. The van der Waals surface area contributed by atoms with E-state index in [0.717, 1.165) is 0 Å². The van der Waals surface area contributed by atoms with E-state index in [9.17, 15) is 14.7 Å². The van der Waals surface area contributed by atoms with E-state index in [2.05, 4.69) is 5.32 Å². The van der Waals surface area contributed by atoms with E-state index in [-0.39, 0.29) is 5.02 Å². The van der Waals surface area contributed by atoms with Gasteiger partial charge in [0.05, 0.1) is 10.7 Å². The van der Waals surface area contributed by atoms with Crippen molar-refractivity contribution in [2.75, 3.05) is 11.9 Å². The Labute approximate surface area is 142 Å².